The van der Waals surface area contributed by atoms with E-state index in [-0.39, 0.29) is 19.7 Å². The van der Waals surface area contributed by atoms with Gasteiger partial charge in [0.2, 0.25) is 5.91 Å². The first-order chi connectivity index (χ1) is 9.77. The highest BCUT2D eigenvalue weighted by atomic mass is 19.4. The van der Waals surface area contributed by atoms with Crippen LogP contribution in [0.15, 0.2) is 24.3 Å². The molecule has 0 saturated carbocycles. The molecular weight excluding hydrogens is 291 g/mol. The Morgan fingerprint density at radius 1 is 1.33 bits per heavy atom. The van der Waals surface area contributed by atoms with Crippen LogP contribution < -0.4 is 0 Å². The standard InChI is InChI=1S/C13H12F3NO4/c14-13(15,16)9-3-1-8(2-4-9)5-17-6-10(12(19)20)21-7-11(17)18/h1-4,10H,5-7H2,(H,19,20). The smallest absolute Gasteiger partial charge is 0.416 e. The van der Waals surface area contributed by atoms with Crippen molar-refractivity contribution in [1.82, 2.24) is 4.90 Å². The Kier molecular flexibility index (Phi) is 4.17. The number of aliphatic carboxylic acids is 1. The van der Waals surface area contributed by atoms with Crippen LogP contribution in [0.3, 0.4) is 0 Å². The number of ether oxygens (including phenoxy) is 1. The average molecular weight is 303 g/mol. The van der Waals surface area contributed by atoms with Crippen LogP contribution in [0.4, 0.5) is 13.2 Å². The Bertz CT molecular complexity index is 541. The van der Waals surface area contributed by atoms with Gasteiger partial charge in [-0.2, -0.15) is 13.2 Å². The van der Waals surface area contributed by atoms with Crippen LogP contribution in [0.2, 0.25) is 0 Å². The van der Waals surface area contributed by atoms with Crippen molar-refractivity contribution in [1.29, 1.82) is 0 Å². The zero-order valence-electron chi connectivity index (χ0n) is 10.8. The van der Waals surface area contributed by atoms with Gasteiger partial charge in [-0.3, -0.25) is 4.79 Å². The number of carbonyl (C=O) groups is 2. The fourth-order valence-corrected chi connectivity index (χ4v) is 1.94. The van der Waals surface area contributed by atoms with Crippen molar-refractivity contribution >= 4 is 11.9 Å². The minimum Gasteiger partial charge on any atom is -0.479 e. The maximum absolute atomic E-state index is 12.4. The van der Waals surface area contributed by atoms with Crippen LogP contribution in [0, 0.1) is 0 Å². The van der Waals surface area contributed by atoms with Crippen LogP contribution in [0.5, 0.6) is 0 Å². The zero-order chi connectivity index (χ0) is 15.6. The van der Waals surface area contributed by atoms with Crippen LogP contribution in [-0.4, -0.2) is 41.1 Å². The fourth-order valence-electron chi connectivity index (χ4n) is 1.94. The van der Waals surface area contributed by atoms with Crippen molar-refractivity contribution in [3.8, 4) is 0 Å². The Morgan fingerprint density at radius 2 is 1.95 bits per heavy atom. The highest BCUT2D eigenvalue weighted by Gasteiger charge is 2.32. The molecule has 1 aromatic carbocycles. The summed E-state index contributed by atoms with van der Waals surface area (Å²) in [5.74, 6) is -1.58. The molecule has 0 spiro atoms. The number of nitrogens with zero attached hydrogens (tertiary/aromatic N) is 1. The van der Waals surface area contributed by atoms with Crippen molar-refractivity contribution in [2.24, 2.45) is 0 Å². The number of benzene rings is 1. The van der Waals surface area contributed by atoms with Crippen molar-refractivity contribution in [3.63, 3.8) is 0 Å². The second-order valence-corrected chi connectivity index (χ2v) is 4.61. The molecule has 114 valence electrons. The van der Waals surface area contributed by atoms with E-state index in [1.165, 1.54) is 17.0 Å². The SMILES string of the molecule is O=C(O)C1CN(Cc2ccc(C(F)(F)F)cc2)C(=O)CO1. The van der Waals surface area contributed by atoms with Crippen LogP contribution in [0.1, 0.15) is 11.1 Å². The van der Waals surface area contributed by atoms with Gasteiger partial charge in [0.15, 0.2) is 6.10 Å². The Balaban J connectivity index is 2.06. The van der Waals surface area contributed by atoms with E-state index < -0.39 is 29.7 Å². The predicted octanol–water partition coefficient (Wildman–Crippen LogP) is 1.52. The molecule has 1 N–H and O–H groups in total. The number of carboxylic acid groups (broad SMARTS) is 1. The highest BCUT2D eigenvalue weighted by Crippen LogP contribution is 2.29. The number of morpholine rings is 1. The van der Waals surface area contributed by atoms with Crippen molar-refractivity contribution < 1.29 is 32.6 Å². The molecule has 1 atom stereocenters. The van der Waals surface area contributed by atoms with Gasteiger partial charge < -0.3 is 14.7 Å². The summed E-state index contributed by atoms with van der Waals surface area (Å²) in [6.45, 7) is -0.434. The highest BCUT2D eigenvalue weighted by molar-refractivity contribution is 5.81. The van der Waals surface area contributed by atoms with Gasteiger partial charge in [-0.05, 0) is 17.7 Å². The van der Waals surface area contributed by atoms with Gasteiger partial charge in [-0.1, -0.05) is 12.1 Å². The maximum atomic E-state index is 12.4. The van der Waals surface area contributed by atoms with E-state index in [2.05, 4.69) is 0 Å². The third-order valence-electron chi connectivity index (χ3n) is 3.08. The first-order valence-corrected chi connectivity index (χ1v) is 6.05. The topological polar surface area (TPSA) is 66.8 Å². The molecule has 1 aliphatic rings. The summed E-state index contributed by atoms with van der Waals surface area (Å²) in [5.41, 5.74) is -0.287. The molecular formula is C13H12F3NO4. The quantitative estimate of drug-likeness (QED) is 0.919. The van der Waals surface area contributed by atoms with Gasteiger partial charge in [0.05, 0.1) is 12.1 Å². The molecule has 2 rings (SSSR count). The normalized spacial score (nSPS) is 19.7. The summed E-state index contributed by atoms with van der Waals surface area (Å²) in [4.78, 5) is 23.7. The van der Waals surface area contributed by atoms with Crippen LogP contribution in [0.25, 0.3) is 0 Å². The molecule has 0 aromatic heterocycles. The lowest BCUT2D eigenvalue weighted by Crippen LogP contribution is -2.49. The summed E-state index contributed by atoms with van der Waals surface area (Å²) in [7, 11) is 0. The van der Waals surface area contributed by atoms with E-state index >= 15 is 0 Å². The summed E-state index contributed by atoms with van der Waals surface area (Å²) in [6.07, 6.45) is -5.53. The van der Waals surface area contributed by atoms with Crippen molar-refractivity contribution in [2.45, 2.75) is 18.8 Å². The molecule has 1 unspecified atom stereocenters. The van der Waals surface area contributed by atoms with E-state index in [0.29, 0.717) is 5.56 Å². The third kappa shape index (κ3) is 3.72. The van der Waals surface area contributed by atoms with E-state index in [1.54, 1.807) is 0 Å². The van der Waals surface area contributed by atoms with Crippen molar-refractivity contribution in [3.05, 3.63) is 35.4 Å². The van der Waals surface area contributed by atoms with Gasteiger partial charge in [0.1, 0.15) is 6.61 Å². The summed E-state index contributed by atoms with van der Waals surface area (Å²) in [5, 5.41) is 8.85. The minimum absolute atomic E-state index is 0.0457. The number of carbonyl (C=O) groups excluding carboxylic acids is 1. The molecule has 1 amide bonds. The van der Waals surface area contributed by atoms with Gasteiger partial charge in [-0.25, -0.2) is 4.79 Å². The molecule has 0 aliphatic carbocycles. The number of hydrogen-bond acceptors (Lipinski definition) is 3. The number of amides is 1. The lowest BCUT2D eigenvalue weighted by molar-refractivity contribution is -0.165. The van der Waals surface area contributed by atoms with E-state index in [0.717, 1.165) is 12.1 Å². The molecule has 1 heterocycles. The molecule has 0 bridgehead atoms. The van der Waals surface area contributed by atoms with E-state index in [1.807, 2.05) is 0 Å². The van der Waals surface area contributed by atoms with E-state index in [9.17, 15) is 22.8 Å². The largest absolute Gasteiger partial charge is 0.479 e. The Morgan fingerprint density at radius 3 is 2.48 bits per heavy atom. The molecule has 5 nitrogen and oxygen atoms in total. The molecule has 1 aliphatic heterocycles. The number of hydrogen-bond donors (Lipinski definition) is 1. The molecule has 0 radical (unpaired) electrons. The molecule has 1 saturated heterocycles. The van der Waals surface area contributed by atoms with Crippen molar-refractivity contribution in [2.75, 3.05) is 13.2 Å². The monoisotopic (exact) mass is 303 g/mol. The Hall–Kier alpha value is -2.09. The first kappa shape index (κ1) is 15.3. The minimum atomic E-state index is -4.41. The van der Waals surface area contributed by atoms with Crippen LogP contribution >= 0.6 is 0 Å². The van der Waals surface area contributed by atoms with Crippen LogP contribution in [-0.2, 0) is 27.0 Å². The van der Waals surface area contributed by atoms with Gasteiger partial charge >= 0.3 is 12.1 Å². The second kappa shape index (κ2) is 5.72. The van der Waals surface area contributed by atoms with Gasteiger partial charge in [0.25, 0.3) is 0 Å². The maximum Gasteiger partial charge on any atom is 0.416 e. The first-order valence-electron chi connectivity index (χ1n) is 6.05. The molecule has 1 aromatic rings. The van der Waals surface area contributed by atoms with Gasteiger partial charge in [0, 0.05) is 6.54 Å². The Labute approximate surface area is 117 Å². The molecule has 8 heteroatoms. The zero-order valence-corrected chi connectivity index (χ0v) is 10.8. The number of carboxylic acids is 1. The lowest BCUT2D eigenvalue weighted by atomic mass is 10.1. The van der Waals surface area contributed by atoms with E-state index in [4.69, 9.17) is 9.84 Å². The fraction of sp³-hybridized carbons (Fsp3) is 0.385. The summed E-state index contributed by atoms with van der Waals surface area (Å²) >= 11 is 0. The predicted molar refractivity (Wildman–Crippen MR) is 64.2 cm³/mol. The number of rotatable bonds is 3. The third-order valence-corrected chi connectivity index (χ3v) is 3.08. The van der Waals surface area contributed by atoms with Gasteiger partial charge in [-0.15, -0.1) is 0 Å². The number of alkyl halides is 3. The molecule has 21 heavy (non-hydrogen) atoms. The lowest BCUT2D eigenvalue weighted by Gasteiger charge is -2.30. The average Bonchev–Trinajstić information content (AvgIpc) is 2.40. The number of halogens is 3. The summed E-state index contributed by atoms with van der Waals surface area (Å²) in [6, 6.07) is 4.38. The summed E-state index contributed by atoms with van der Waals surface area (Å²) < 4.78 is 42.1. The molecule has 1 fully saturated rings. The second-order valence-electron chi connectivity index (χ2n) is 4.61.